The van der Waals surface area contributed by atoms with Gasteiger partial charge in [0.25, 0.3) is 5.91 Å². The van der Waals surface area contributed by atoms with E-state index in [1.165, 1.54) is 5.56 Å². The van der Waals surface area contributed by atoms with Gasteiger partial charge in [-0.25, -0.2) is 4.52 Å². The van der Waals surface area contributed by atoms with Crippen molar-refractivity contribution < 1.29 is 4.79 Å². The van der Waals surface area contributed by atoms with Crippen molar-refractivity contribution in [2.75, 3.05) is 18.1 Å². The number of fused-ring (bicyclic) bond motifs is 1. The van der Waals surface area contributed by atoms with E-state index in [-0.39, 0.29) is 11.9 Å². The molecule has 0 radical (unpaired) electrons. The average Bonchev–Trinajstić information content (AvgIpc) is 3.06. The first kappa shape index (κ1) is 14.3. The van der Waals surface area contributed by atoms with Crippen LogP contribution in [0.5, 0.6) is 0 Å². The van der Waals surface area contributed by atoms with Gasteiger partial charge in [0.2, 0.25) is 0 Å². The fourth-order valence-corrected chi connectivity index (χ4v) is 4.04. The minimum absolute atomic E-state index is 0.0298. The Labute approximate surface area is 138 Å². The Morgan fingerprint density at radius 2 is 2.09 bits per heavy atom. The summed E-state index contributed by atoms with van der Waals surface area (Å²) in [6.07, 6.45) is 6.75. The van der Waals surface area contributed by atoms with Crippen LogP contribution in [0.15, 0.2) is 55.1 Å². The maximum absolute atomic E-state index is 13.1. The molecule has 1 amide bonds. The number of carbonyl (C=O) groups excluding carboxylic acids is 1. The molecule has 1 fully saturated rings. The second kappa shape index (κ2) is 6.04. The second-order valence-electron chi connectivity index (χ2n) is 5.46. The topological polar surface area (TPSA) is 50.5 Å². The lowest BCUT2D eigenvalue weighted by Gasteiger charge is -2.35. The lowest BCUT2D eigenvalue weighted by molar-refractivity contribution is 0.0703. The Morgan fingerprint density at radius 1 is 1.22 bits per heavy atom. The highest BCUT2D eigenvalue weighted by atomic mass is 32.2. The Hall–Kier alpha value is -2.34. The number of hydrogen-bond donors (Lipinski definition) is 0. The molecular weight excluding hydrogens is 308 g/mol. The van der Waals surface area contributed by atoms with E-state index in [9.17, 15) is 4.79 Å². The zero-order valence-corrected chi connectivity index (χ0v) is 13.3. The van der Waals surface area contributed by atoms with Crippen LogP contribution in [0, 0.1) is 0 Å². The number of thioether (sulfide) groups is 1. The summed E-state index contributed by atoms with van der Waals surface area (Å²) in [5.74, 6) is 1.92. The largest absolute Gasteiger partial charge is 0.330 e. The molecule has 116 valence electrons. The van der Waals surface area contributed by atoms with Crippen LogP contribution in [0.1, 0.15) is 22.0 Å². The summed E-state index contributed by atoms with van der Waals surface area (Å²) in [5.41, 5.74) is 2.55. The maximum Gasteiger partial charge on any atom is 0.258 e. The monoisotopic (exact) mass is 324 g/mol. The lowest BCUT2D eigenvalue weighted by Crippen LogP contribution is -2.40. The Kier molecular flexibility index (Phi) is 3.75. The zero-order chi connectivity index (χ0) is 15.6. The molecule has 1 aliphatic heterocycles. The summed E-state index contributed by atoms with van der Waals surface area (Å²) in [4.78, 5) is 19.2. The van der Waals surface area contributed by atoms with E-state index >= 15 is 0 Å². The summed E-state index contributed by atoms with van der Waals surface area (Å²) in [5, 5.41) is 4.26. The molecule has 1 aliphatic rings. The number of amides is 1. The van der Waals surface area contributed by atoms with Gasteiger partial charge in [0.1, 0.15) is 0 Å². The van der Waals surface area contributed by atoms with Crippen LogP contribution in [0.3, 0.4) is 0 Å². The van der Waals surface area contributed by atoms with Crippen LogP contribution in [-0.4, -0.2) is 43.5 Å². The fraction of sp³-hybridized carbons (Fsp3) is 0.235. The highest BCUT2D eigenvalue weighted by molar-refractivity contribution is 7.99. The third-order valence-electron chi connectivity index (χ3n) is 4.13. The van der Waals surface area contributed by atoms with Gasteiger partial charge < -0.3 is 4.90 Å². The van der Waals surface area contributed by atoms with E-state index in [4.69, 9.17) is 0 Å². The smallest absolute Gasteiger partial charge is 0.258 e. The Balaban J connectivity index is 1.71. The van der Waals surface area contributed by atoms with Crippen molar-refractivity contribution in [1.29, 1.82) is 0 Å². The zero-order valence-electron chi connectivity index (χ0n) is 12.5. The van der Waals surface area contributed by atoms with Crippen molar-refractivity contribution in [3.05, 3.63) is 66.2 Å². The number of rotatable bonds is 2. The van der Waals surface area contributed by atoms with Crippen molar-refractivity contribution in [3.8, 4) is 0 Å². The summed E-state index contributed by atoms with van der Waals surface area (Å²) < 4.78 is 1.69. The van der Waals surface area contributed by atoms with Gasteiger partial charge in [0.15, 0.2) is 0 Å². The molecule has 0 aliphatic carbocycles. The molecular formula is C17H16N4OS. The van der Waals surface area contributed by atoms with Crippen LogP contribution in [-0.2, 0) is 0 Å². The third kappa shape index (κ3) is 2.59. The molecule has 23 heavy (non-hydrogen) atoms. The first-order valence-corrected chi connectivity index (χ1v) is 8.71. The van der Waals surface area contributed by atoms with Crippen LogP contribution in [0.2, 0.25) is 0 Å². The predicted octanol–water partition coefficient (Wildman–Crippen LogP) is 2.66. The molecule has 1 saturated heterocycles. The summed E-state index contributed by atoms with van der Waals surface area (Å²) in [7, 11) is 0. The van der Waals surface area contributed by atoms with Gasteiger partial charge in [0.05, 0.1) is 29.5 Å². The minimum Gasteiger partial charge on any atom is -0.330 e. The highest BCUT2D eigenvalue weighted by Gasteiger charge is 2.30. The number of aromatic nitrogens is 3. The number of carbonyl (C=O) groups is 1. The first-order chi connectivity index (χ1) is 11.3. The maximum atomic E-state index is 13.1. The second-order valence-corrected chi connectivity index (χ2v) is 6.61. The van der Waals surface area contributed by atoms with Crippen molar-refractivity contribution >= 4 is 23.2 Å². The molecule has 6 heteroatoms. The van der Waals surface area contributed by atoms with Crippen molar-refractivity contribution in [2.24, 2.45) is 0 Å². The number of nitrogens with zero attached hydrogens (tertiary/aromatic N) is 4. The quantitative estimate of drug-likeness (QED) is 0.727. The normalized spacial score (nSPS) is 18.3. The van der Waals surface area contributed by atoms with Crippen LogP contribution >= 0.6 is 11.8 Å². The summed E-state index contributed by atoms with van der Waals surface area (Å²) in [6.45, 7) is 0.751. The molecule has 0 unspecified atom stereocenters. The summed E-state index contributed by atoms with van der Waals surface area (Å²) in [6, 6.07) is 10.3. The molecule has 0 N–H and O–H groups in total. The molecule has 0 bridgehead atoms. The van der Waals surface area contributed by atoms with Gasteiger partial charge in [-0.2, -0.15) is 16.9 Å². The summed E-state index contributed by atoms with van der Waals surface area (Å²) >= 11 is 1.89. The molecule has 0 saturated carbocycles. The highest BCUT2D eigenvalue weighted by Crippen LogP contribution is 2.31. The molecule has 3 aromatic rings. The van der Waals surface area contributed by atoms with Gasteiger partial charge in [-0.15, -0.1) is 0 Å². The van der Waals surface area contributed by atoms with Gasteiger partial charge in [0, 0.05) is 30.4 Å². The van der Waals surface area contributed by atoms with Crippen molar-refractivity contribution in [3.63, 3.8) is 0 Å². The molecule has 4 rings (SSSR count). The molecule has 1 aromatic carbocycles. The number of benzene rings is 1. The van der Waals surface area contributed by atoms with Gasteiger partial charge >= 0.3 is 0 Å². The molecule has 3 heterocycles. The molecule has 1 atom stereocenters. The van der Waals surface area contributed by atoms with Crippen molar-refractivity contribution in [1.82, 2.24) is 19.5 Å². The van der Waals surface area contributed by atoms with Gasteiger partial charge in [-0.1, -0.05) is 30.3 Å². The van der Waals surface area contributed by atoms with E-state index in [2.05, 4.69) is 22.2 Å². The van der Waals surface area contributed by atoms with Crippen LogP contribution in [0.4, 0.5) is 0 Å². The lowest BCUT2D eigenvalue weighted by atomic mass is 10.1. The Morgan fingerprint density at radius 3 is 2.96 bits per heavy atom. The molecule has 5 nitrogen and oxygen atoms in total. The SMILES string of the molecule is O=C(c1cnn2ccncc12)N1CCSC[C@@H]1c1ccccc1. The number of hydrogen-bond acceptors (Lipinski definition) is 4. The Bertz CT molecular complexity index is 833. The van der Waals surface area contributed by atoms with E-state index in [1.54, 1.807) is 29.3 Å². The minimum atomic E-state index is 0.0298. The molecule has 0 spiro atoms. The standard InChI is InChI=1S/C17H16N4OS/c22-17(14-10-19-21-7-6-18-11-15(14)21)20-8-9-23-12-16(20)13-4-2-1-3-5-13/h1-7,10-11,16H,8-9,12H2/t16-/m1/s1. The van der Waals surface area contributed by atoms with E-state index in [0.717, 1.165) is 23.6 Å². The average molecular weight is 324 g/mol. The molecule has 2 aromatic heterocycles. The van der Waals surface area contributed by atoms with Crippen LogP contribution < -0.4 is 0 Å². The van der Waals surface area contributed by atoms with Gasteiger partial charge in [-0.3, -0.25) is 9.78 Å². The van der Waals surface area contributed by atoms with E-state index in [0.29, 0.717) is 5.56 Å². The van der Waals surface area contributed by atoms with Crippen molar-refractivity contribution in [2.45, 2.75) is 6.04 Å². The van der Waals surface area contributed by atoms with Crippen LogP contribution in [0.25, 0.3) is 5.52 Å². The first-order valence-electron chi connectivity index (χ1n) is 7.55. The van der Waals surface area contributed by atoms with Gasteiger partial charge in [-0.05, 0) is 5.56 Å². The third-order valence-corrected chi connectivity index (χ3v) is 5.15. The fourth-order valence-electron chi connectivity index (χ4n) is 2.95. The van der Waals surface area contributed by atoms with E-state index in [1.807, 2.05) is 34.9 Å². The van der Waals surface area contributed by atoms with E-state index < -0.39 is 0 Å². The predicted molar refractivity (Wildman–Crippen MR) is 90.5 cm³/mol.